The Labute approximate surface area is 179 Å². The maximum Gasteiger partial charge on any atom is 0.226 e. The summed E-state index contributed by atoms with van der Waals surface area (Å²) in [4.78, 5) is 25.1. The van der Waals surface area contributed by atoms with Gasteiger partial charge in [-0.15, -0.1) is 0 Å². The molecular formula is C23H26N6O2. The van der Waals surface area contributed by atoms with Crippen molar-refractivity contribution in [2.75, 3.05) is 6.54 Å². The van der Waals surface area contributed by atoms with Crippen LogP contribution < -0.4 is 10.6 Å². The lowest BCUT2D eigenvalue weighted by Crippen LogP contribution is -2.44. The molecule has 0 aliphatic heterocycles. The Kier molecular flexibility index (Phi) is 6.26. The topological polar surface area (TPSA) is 116 Å². The summed E-state index contributed by atoms with van der Waals surface area (Å²) in [6, 6.07) is 15.3. The monoisotopic (exact) mass is 418 g/mol. The van der Waals surface area contributed by atoms with E-state index in [1.165, 1.54) is 0 Å². The minimum absolute atomic E-state index is 0.0957. The summed E-state index contributed by atoms with van der Waals surface area (Å²) in [6.45, 7) is 2.44. The van der Waals surface area contributed by atoms with E-state index in [2.05, 4.69) is 38.0 Å². The minimum Gasteiger partial charge on any atom is -0.354 e. The molecule has 1 atom stereocenters. The van der Waals surface area contributed by atoms with Crippen molar-refractivity contribution in [2.24, 2.45) is 0 Å². The molecule has 2 aromatic carbocycles. The first-order chi connectivity index (χ1) is 15.1. The summed E-state index contributed by atoms with van der Waals surface area (Å²) in [6.07, 6.45) is 2.12. The Morgan fingerprint density at radius 3 is 2.00 bits per heavy atom. The Bertz CT molecular complexity index is 1190. The van der Waals surface area contributed by atoms with Crippen molar-refractivity contribution in [1.82, 2.24) is 31.0 Å². The van der Waals surface area contributed by atoms with Gasteiger partial charge in [-0.1, -0.05) is 49.7 Å². The van der Waals surface area contributed by atoms with Crippen LogP contribution in [0.2, 0.25) is 0 Å². The lowest BCUT2D eigenvalue weighted by atomic mass is 10.1. The van der Waals surface area contributed by atoms with Crippen LogP contribution in [-0.2, 0) is 22.4 Å². The summed E-state index contributed by atoms with van der Waals surface area (Å²) < 4.78 is 0. The number of amides is 2. The highest BCUT2D eigenvalue weighted by molar-refractivity contribution is 5.88. The Morgan fingerprint density at radius 1 is 0.871 bits per heavy atom. The fourth-order valence-corrected chi connectivity index (χ4v) is 3.77. The third-order valence-corrected chi connectivity index (χ3v) is 5.30. The normalized spacial score (nSPS) is 12.2. The van der Waals surface area contributed by atoms with Gasteiger partial charge in [0.1, 0.15) is 0 Å². The Hall–Kier alpha value is -3.68. The zero-order valence-electron chi connectivity index (χ0n) is 17.4. The van der Waals surface area contributed by atoms with Crippen LogP contribution in [0, 0.1) is 0 Å². The predicted molar refractivity (Wildman–Crippen MR) is 119 cm³/mol. The van der Waals surface area contributed by atoms with Gasteiger partial charge in [-0.2, -0.15) is 10.2 Å². The number of rotatable bonds is 9. The van der Waals surface area contributed by atoms with E-state index in [1.54, 1.807) is 0 Å². The van der Waals surface area contributed by atoms with Gasteiger partial charge in [-0.3, -0.25) is 19.8 Å². The van der Waals surface area contributed by atoms with Crippen molar-refractivity contribution >= 4 is 33.6 Å². The maximum absolute atomic E-state index is 12.6. The first-order valence-corrected chi connectivity index (χ1v) is 10.5. The number of carbonyl (C=O) groups is 2. The van der Waals surface area contributed by atoms with Crippen molar-refractivity contribution < 1.29 is 9.59 Å². The van der Waals surface area contributed by atoms with Gasteiger partial charge in [-0.25, -0.2) is 0 Å². The molecule has 0 spiro atoms. The summed E-state index contributed by atoms with van der Waals surface area (Å²) >= 11 is 0. The molecule has 0 saturated heterocycles. The van der Waals surface area contributed by atoms with Crippen LogP contribution in [0.25, 0.3) is 21.8 Å². The van der Waals surface area contributed by atoms with E-state index in [9.17, 15) is 9.59 Å². The number of fused-ring (bicyclic) bond motifs is 2. The average Bonchev–Trinajstić information content (AvgIpc) is 3.37. The smallest absolute Gasteiger partial charge is 0.226 e. The van der Waals surface area contributed by atoms with Gasteiger partial charge in [0.15, 0.2) is 0 Å². The van der Waals surface area contributed by atoms with Crippen LogP contribution in [-0.4, -0.2) is 44.8 Å². The number of para-hydroxylation sites is 2. The number of hydrogen-bond acceptors (Lipinski definition) is 4. The minimum atomic E-state index is -0.130. The second-order valence-electron chi connectivity index (χ2n) is 7.65. The number of aromatic amines is 2. The van der Waals surface area contributed by atoms with Crippen LogP contribution in [0.3, 0.4) is 0 Å². The number of aromatic nitrogens is 4. The predicted octanol–water partition coefficient (Wildman–Crippen LogP) is 2.63. The Morgan fingerprint density at radius 2 is 1.42 bits per heavy atom. The molecule has 2 aromatic heterocycles. The number of H-pyrrole nitrogens is 2. The quantitative estimate of drug-likeness (QED) is 0.334. The number of benzene rings is 2. The van der Waals surface area contributed by atoms with Crippen LogP contribution >= 0.6 is 0 Å². The molecule has 31 heavy (non-hydrogen) atoms. The van der Waals surface area contributed by atoms with Crippen molar-refractivity contribution in [2.45, 2.75) is 38.6 Å². The van der Waals surface area contributed by atoms with Crippen molar-refractivity contribution in [3.63, 3.8) is 0 Å². The van der Waals surface area contributed by atoms with Crippen molar-refractivity contribution in [3.8, 4) is 0 Å². The van der Waals surface area contributed by atoms with E-state index in [0.29, 0.717) is 6.54 Å². The van der Waals surface area contributed by atoms with Crippen LogP contribution in [0.15, 0.2) is 48.5 Å². The third-order valence-electron chi connectivity index (χ3n) is 5.30. The zero-order valence-corrected chi connectivity index (χ0v) is 17.4. The maximum atomic E-state index is 12.6. The van der Waals surface area contributed by atoms with E-state index in [0.717, 1.165) is 46.0 Å². The van der Waals surface area contributed by atoms with Gasteiger partial charge in [0.05, 0.1) is 35.3 Å². The standard InChI is InChI=1S/C23H26N6O2/c1-2-7-15(25-23(31)13-21-17-9-4-6-11-19(17)27-29-21)14-24-22(30)12-20-16-8-3-5-10-18(16)26-28-20/h3-6,8-11,15H,2,7,12-14H2,1H3,(H,24,30)(H,25,31)(H,26,28)(H,27,29). The lowest BCUT2D eigenvalue weighted by molar-refractivity contribution is -0.123. The highest BCUT2D eigenvalue weighted by Crippen LogP contribution is 2.16. The van der Waals surface area contributed by atoms with Crippen LogP contribution in [0.4, 0.5) is 0 Å². The largest absolute Gasteiger partial charge is 0.354 e. The van der Waals surface area contributed by atoms with Gasteiger partial charge in [0, 0.05) is 23.4 Å². The third kappa shape index (κ3) is 4.91. The summed E-state index contributed by atoms with van der Waals surface area (Å²) in [5.74, 6) is -0.203. The summed E-state index contributed by atoms with van der Waals surface area (Å²) in [5.41, 5.74) is 3.26. The molecule has 1 unspecified atom stereocenters. The first-order valence-electron chi connectivity index (χ1n) is 10.5. The van der Waals surface area contributed by atoms with Crippen LogP contribution in [0.1, 0.15) is 31.2 Å². The first kappa shape index (κ1) is 20.6. The van der Waals surface area contributed by atoms with Gasteiger partial charge in [-0.05, 0) is 18.6 Å². The lowest BCUT2D eigenvalue weighted by Gasteiger charge is -2.18. The Balaban J connectivity index is 1.32. The highest BCUT2D eigenvalue weighted by atomic mass is 16.2. The number of carbonyl (C=O) groups excluding carboxylic acids is 2. The molecule has 0 radical (unpaired) electrons. The molecule has 8 nitrogen and oxygen atoms in total. The average molecular weight is 419 g/mol. The second kappa shape index (κ2) is 9.42. The summed E-state index contributed by atoms with van der Waals surface area (Å²) in [5, 5.41) is 22.2. The van der Waals surface area contributed by atoms with Gasteiger partial charge >= 0.3 is 0 Å². The van der Waals surface area contributed by atoms with Crippen molar-refractivity contribution in [1.29, 1.82) is 0 Å². The molecular weight excluding hydrogens is 392 g/mol. The molecule has 0 bridgehead atoms. The van der Waals surface area contributed by atoms with Gasteiger partial charge < -0.3 is 10.6 Å². The number of hydrogen-bond donors (Lipinski definition) is 4. The van der Waals surface area contributed by atoms with Gasteiger partial charge in [0.25, 0.3) is 0 Å². The summed E-state index contributed by atoms with van der Waals surface area (Å²) in [7, 11) is 0. The molecule has 4 rings (SSSR count). The molecule has 4 aromatic rings. The van der Waals surface area contributed by atoms with Crippen molar-refractivity contribution in [3.05, 3.63) is 59.9 Å². The molecule has 160 valence electrons. The van der Waals surface area contributed by atoms with E-state index < -0.39 is 0 Å². The van der Waals surface area contributed by atoms with E-state index in [-0.39, 0.29) is 30.7 Å². The SMILES string of the molecule is CCCC(CNC(=O)Cc1[nH]nc2ccccc12)NC(=O)Cc1[nH]nc2ccccc12. The molecule has 2 heterocycles. The number of nitrogens with zero attached hydrogens (tertiary/aromatic N) is 2. The van der Waals surface area contributed by atoms with Crippen LogP contribution in [0.5, 0.6) is 0 Å². The van der Waals surface area contributed by atoms with E-state index in [1.807, 2.05) is 48.5 Å². The molecule has 0 aliphatic rings. The zero-order chi connectivity index (χ0) is 21.6. The second-order valence-corrected chi connectivity index (χ2v) is 7.65. The van der Waals surface area contributed by atoms with E-state index >= 15 is 0 Å². The molecule has 4 N–H and O–H groups in total. The molecule has 2 amide bonds. The highest BCUT2D eigenvalue weighted by Gasteiger charge is 2.16. The number of nitrogens with one attached hydrogen (secondary N) is 4. The fourth-order valence-electron chi connectivity index (χ4n) is 3.77. The van der Waals surface area contributed by atoms with Gasteiger partial charge in [0.2, 0.25) is 11.8 Å². The molecule has 8 heteroatoms. The molecule has 0 fully saturated rings. The fraction of sp³-hybridized carbons (Fsp3) is 0.304. The van der Waals surface area contributed by atoms with E-state index in [4.69, 9.17) is 0 Å². The molecule has 0 aliphatic carbocycles. The molecule has 0 saturated carbocycles.